The van der Waals surface area contributed by atoms with Crippen LogP contribution in [0.25, 0.3) is 0 Å². The van der Waals surface area contributed by atoms with E-state index in [4.69, 9.17) is 18.9 Å². The lowest BCUT2D eigenvalue weighted by atomic mass is 9.98. The van der Waals surface area contributed by atoms with Gasteiger partial charge >= 0.3 is 23.9 Å². The molecule has 0 aromatic heterocycles. The van der Waals surface area contributed by atoms with Crippen LogP contribution in [-0.4, -0.2) is 43.2 Å². The van der Waals surface area contributed by atoms with E-state index in [1.54, 1.807) is 0 Å². The molecular weight excluding hydrogens is 660 g/mol. The first-order valence-electron chi connectivity index (χ1n) is 20.7. The van der Waals surface area contributed by atoms with Crippen molar-refractivity contribution < 1.29 is 43.2 Å². The molecule has 0 spiro atoms. The Morgan fingerprint density at radius 2 is 0.750 bits per heavy atom. The Morgan fingerprint density at radius 1 is 0.481 bits per heavy atom. The summed E-state index contributed by atoms with van der Waals surface area (Å²) in [4.78, 5) is 51.8. The molecule has 9 heteroatoms. The maximum absolute atomic E-state index is 13.3. The second kappa shape index (κ2) is 31.4. The maximum Gasteiger partial charge on any atom is 0.332 e. The van der Waals surface area contributed by atoms with Crippen molar-refractivity contribution in [3.8, 4) is 17.2 Å². The molecule has 0 aliphatic carbocycles. The van der Waals surface area contributed by atoms with E-state index in [2.05, 4.69) is 13.8 Å². The van der Waals surface area contributed by atoms with Gasteiger partial charge in [0, 0.05) is 12.8 Å². The number of methoxy groups -OCH3 is 2. The van der Waals surface area contributed by atoms with Crippen LogP contribution in [0.5, 0.6) is 17.2 Å². The zero-order valence-electron chi connectivity index (χ0n) is 33.2. The number of unbranched alkanes of at least 4 members (excludes halogenated alkanes) is 24. The summed E-state index contributed by atoms with van der Waals surface area (Å²) in [6, 6.07) is 2.53. The molecule has 0 unspecified atom stereocenters. The summed E-state index contributed by atoms with van der Waals surface area (Å²) in [5.74, 6) is -6.01. The lowest BCUT2D eigenvalue weighted by molar-refractivity contribution is -0.167. The normalized spacial score (nSPS) is 11.1. The minimum atomic E-state index is -1.76. The van der Waals surface area contributed by atoms with E-state index in [0.717, 1.165) is 38.5 Å². The van der Waals surface area contributed by atoms with Gasteiger partial charge in [-0.15, -0.1) is 0 Å². The quantitative estimate of drug-likeness (QED) is 0.0427. The Bertz CT molecular complexity index is 1030. The second-order valence-electron chi connectivity index (χ2n) is 14.3. The third-order valence-corrected chi connectivity index (χ3v) is 9.70. The van der Waals surface area contributed by atoms with Crippen LogP contribution in [-0.2, 0) is 28.7 Å². The first-order chi connectivity index (χ1) is 25.3. The monoisotopic (exact) mass is 733 g/mol. The predicted octanol–water partition coefficient (Wildman–Crippen LogP) is 11.6. The molecule has 1 aromatic rings. The van der Waals surface area contributed by atoms with Crippen LogP contribution >= 0.6 is 0 Å². The first kappa shape index (κ1) is 46.9. The molecule has 0 amide bonds. The van der Waals surface area contributed by atoms with Gasteiger partial charge in [0.05, 0.1) is 14.2 Å². The van der Waals surface area contributed by atoms with Crippen molar-refractivity contribution in [1.29, 1.82) is 0 Å². The van der Waals surface area contributed by atoms with Crippen LogP contribution in [0.4, 0.5) is 0 Å². The number of carbonyl (C=O) groups is 4. The zero-order valence-corrected chi connectivity index (χ0v) is 33.2. The summed E-state index contributed by atoms with van der Waals surface area (Å²) in [5.41, 5.74) is 0.00372. The number of rotatable bonds is 33. The molecular formula is C43H72O9. The van der Waals surface area contributed by atoms with E-state index >= 15 is 0 Å². The van der Waals surface area contributed by atoms with Gasteiger partial charge in [-0.2, -0.15) is 0 Å². The maximum atomic E-state index is 13.3. The summed E-state index contributed by atoms with van der Waals surface area (Å²) in [6.45, 7) is 4.47. The van der Waals surface area contributed by atoms with Crippen molar-refractivity contribution in [3.63, 3.8) is 0 Å². The first-order valence-corrected chi connectivity index (χ1v) is 20.7. The summed E-state index contributed by atoms with van der Waals surface area (Å²) in [5, 5.41) is 10.4. The highest BCUT2D eigenvalue weighted by atomic mass is 16.6. The van der Waals surface area contributed by atoms with Gasteiger partial charge in [0.15, 0.2) is 17.4 Å². The van der Waals surface area contributed by atoms with E-state index in [1.165, 1.54) is 142 Å². The number of hydrogen-bond donors (Lipinski definition) is 1. The van der Waals surface area contributed by atoms with Gasteiger partial charge in [-0.3, -0.25) is 19.2 Å². The molecule has 1 N–H and O–H groups in total. The van der Waals surface area contributed by atoms with E-state index in [1.807, 2.05) is 0 Å². The number of phenols is 1. The molecule has 1 aromatic carbocycles. The molecule has 298 valence electrons. The lowest BCUT2D eigenvalue weighted by Gasteiger charge is -2.17. The van der Waals surface area contributed by atoms with Crippen molar-refractivity contribution in [3.05, 3.63) is 17.7 Å². The average molecular weight is 733 g/mol. The van der Waals surface area contributed by atoms with Crippen LogP contribution in [0.15, 0.2) is 12.1 Å². The molecule has 9 nitrogen and oxygen atoms in total. The number of phenolic OH excluding ortho intramolecular Hbond substituents is 1. The highest BCUT2D eigenvalue weighted by molar-refractivity contribution is 6.06. The number of benzene rings is 1. The van der Waals surface area contributed by atoms with Crippen LogP contribution < -0.4 is 9.47 Å². The highest BCUT2D eigenvalue weighted by Crippen LogP contribution is 2.39. The second-order valence-corrected chi connectivity index (χ2v) is 14.3. The molecule has 0 saturated carbocycles. The SMILES string of the molecule is CCCCCCCCCCCCCCCC(=O)OC(=O)C(C(=O)OC(=O)CCCCCCCCCCCCCCC)c1cc(OC)c(O)c(OC)c1. The molecule has 0 bridgehead atoms. The van der Waals surface area contributed by atoms with Gasteiger partial charge < -0.3 is 24.1 Å². The van der Waals surface area contributed by atoms with Crippen LogP contribution in [0, 0.1) is 0 Å². The van der Waals surface area contributed by atoms with Crippen molar-refractivity contribution in [2.24, 2.45) is 0 Å². The van der Waals surface area contributed by atoms with Crippen molar-refractivity contribution >= 4 is 23.9 Å². The van der Waals surface area contributed by atoms with Gasteiger partial charge in [-0.25, -0.2) is 0 Å². The van der Waals surface area contributed by atoms with E-state index in [0.29, 0.717) is 12.8 Å². The minimum absolute atomic E-state index is 0.00372. The third-order valence-electron chi connectivity index (χ3n) is 9.70. The van der Waals surface area contributed by atoms with Crippen LogP contribution in [0.2, 0.25) is 0 Å². The Hall–Kier alpha value is -3.10. The Morgan fingerprint density at radius 3 is 1.02 bits per heavy atom. The van der Waals surface area contributed by atoms with E-state index in [9.17, 15) is 24.3 Å². The molecule has 0 aliphatic heterocycles. The summed E-state index contributed by atoms with van der Waals surface area (Å²) >= 11 is 0. The van der Waals surface area contributed by atoms with E-state index in [-0.39, 0.29) is 35.7 Å². The van der Waals surface area contributed by atoms with Gasteiger partial charge in [-0.1, -0.05) is 168 Å². The summed E-state index contributed by atoms with van der Waals surface area (Å²) < 4.78 is 20.6. The smallest absolute Gasteiger partial charge is 0.332 e. The molecule has 1 rings (SSSR count). The average Bonchev–Trinajstić information content (AvgIpc) is 3.12. The fourth-order valence-electron chi connectivity index (χ4n) is 6.47. The van der Waals surface area contributed by atoms with Gasteiger partial charge in [0.25, 0.3) is 0 Å². The third kappa shape index (κ3) is 22.1. The van der Waals surface area contributed by atoms with Gasteiger partial charge in [-0.05, 0) is 30.5 Å². The number of hydrogen-bond acceptors (Lipinski definition) is 9. The fourth-order valence-corrected chi connectivity index (χ4v) is 6.47. The van der Waals surface area contributed by atoms with Crippen molar-refractivity contribution in [2.45, 2.75) is 200 Å². The molecule has 0 atom stereocenters. The Balaban J connectivity index is 2.54. The zero-order chi connectivity index (χ0) is 38.2. The molecule has 0 saturated heterocycles. The Kier molecular flexibility index (Phi) is 28.4. The Labute approximate surface area is 315 Å². The fraction of sp³-hybridized carbons (Fsp3) is 0.767. The number of ether oxygens (including phenoxy) is 4. The van der Waals surface area contributed by atoms with E-state index < -0.39 is 29.8 Å². The highest BCUT2D eigenvalue weighted by Gasteiger charge is 2.36. The standard InChI is InChI=1S/C43H72O9/c1-5-7-9-11-13-15-17-19-21-23-25-27-29-31-38(44)51-42(47)40(35-33-36(49-3)41(46)37(34-35)50-4)43(48)52-39(45)32-30-28-26-24-22-20-18-16-14-12-10-8-6-2/h33-34,40,46H,5-32H2,1-4H3. The van der Waals surface area contributed by atoms with Crippen LogP contribution in [0.3, 0.4) is 0 Å². The lowest BCUT2D eigenvalue weighted by Crippen LogP contribution is -2.29. The van der Waals surface area contributed by atoms with Crippen molar-refractivity contribution in [1.82, 2.24) is 0 Å². The van der Waals surface area contributed by atoms with Gasteiger partial charge in [0.1, 0.15) is 0 Å². The molecule has 52 heavy (non-hydrogen) atoms. The molecule has 0 heterocycles. The van der Waals surface area contributed by atoms with Crippen LogP contribution in [0.1, 0.15) is 205 Å². The summed E-state index contributed by atoms with van der Waals surface area (Å²) in [6.07, 6.45) is 30.3. The van der Waals surface area contributed by atoms with Crippen molar-refractivity contribution in [2.75, 3.05) is 14.2 Å². The molecule has 0 aliphatic rings. The number of aromatic hydroxyl groups is 1. The largest absolute Gasteiger partial charge is 0.502 e. The van der Waals surface area contributed by atoms with Gasteiger partial charge in [0.2, 0.25) is 5.75 Å². The number of esters is 4. The summed E-state index contributed by atoms with van der Waals surface area (Å²) in [7, 11) is 2.62. The number of carbonyl (C=O) groups excluding carboxylic acids is 4. The topological polar surface area (TPSA) is 125 Å². The minimum Gasteiger partial charge on any atom is -0.502 e. The predicted molar refractivity (Wildman–Crippen MR) is 207 cm³/mol. The molecule has 0 radical (unpaired) electrons. The molecule has 0 fully saturated rings.